The molecule has 0 radical (unpaired) electrons. The molecule has 0 saturated carbocycles. The van der Waals surface area contributed by atoms with Gasteiger partial charge in [-0.25, -0.2) is 0 Å². The molecule has 1 aliphatic heterocycles. The van der Waals surface area contributed by atoms with E-state index in [2.05, 4.69) is 15.5 Å². The summed E-state index contributed by atoms with van der Waals surface area (Å²) in [6, 6.07) is 11.5. The smallest absolute Gasteiger partial charge is 0.293 e. The van der Waals surface area contributed by atoms with Crippen LogP contribution in [0.3, 0.4) is 0 Å². The lowest BCUT2D eigenvalue weighted by molar-refractivity contribution is -0.384. The number of aromatic amines is 1. The first kappa shape index (κ1) is 16.6. The SMILES string of the molecule is Cc1ccc(NC(=O)c2cc(-c3ccc4c(c3)OCO4)n[nH]2)c([N+](=O)[O-])c1. The quantitative estimate of drug-likeness (QED) is 0.540. The lowest BCUT2D eigenvalue weighted by atomic mass is 10.1. The summed E-state index contributed by atoms with van der Waals surface area (Å²) in [5, 5.41) is 20.5. The molecule has 9 nitrogen and oxygen atoms in total. The molecule has 2 heterocycles. The highest BCUT2D eigenvalue weighted by Crippen LogP contribution is 2.35. The summed E-state index contributed by atoms with van der Waals surface area (Å²) in [6.07, 6.45) is 0. The van der Waals surface area contributed by atoms with E-state index < -0.39 is 10.8 Å². The van der Waals surface area contributed by atoms with Crippen molar-refractivity contribution in [1.29, 1.82) is 0 Å². The van der Waals surface area contributed by atoms with Gasteiger partial charge in [0.25, 0.3) is 11.6 Å². The Labute approximate surface area is 153 Å². The monoisotopic (exact) mass is 366 g/mol. The van der Waals surface area contributed by atoms with E-state index in [4.69, 9.17) is 9.47 Å². The van der Waals surface area contributed by atoms with E-state index >= 15 is 0 Å². The van der Waals surface area contributed by atoms with Crippen molar-refractivity contribution in [2.24, 2.45) is 0 Å². The number of hydrogen-bond donors (Lipinski definition) is 2. The molecule has 0 atom stereocenters. The van der Waals surface area contributed by atoms with E-state index in [-0.39, 0.29) is 23.9 Å². The summed E-state index contributed by atoms with van der Waals surface area (Å²) in [6.45, 7) is 1.91. The second-order valence-electron chi connectivity index (χ2n) is 5.97. The summed E-state index contributed by atoms with van der Waals surface area (Å²) < 4.78 is 10.6. The largest absolute Gasteiger partial charge is 0.454 e. The second kappa shape index (κ2) is 6.45. The fraction of sp³-hybridized carbons (Fsp3) is 0.111. The first-order valence-electron chi connectivity index (χ1n) is 8.03. The molecule has 0 aliphatic carbocycles. The third-order valence-electron chi connectivity index (χ3n) is 4.09. The average molecular weight is 366 g/mol. The third kappa shape index (κ3) is 3.17. The molecular weight excluding hydrogens is 352 g/mol. The van der Waals surface area contributed by atoms with E-state index in [1.807, 2.05) is 0 Å². The van der Waals surface area contributed by atoms with Crippen LogP contribution in [0.15, 0.2) is 42.5 Å². The first-order chi connectivity index (χ1) is 13.0. The van der Waals surface area contributed by atoms with Gasteiger partial charge in [0.1, 0.15) is 11.4 Å². The fourth-order valence-corrected chi connectivity index (χ4v) is 2.73. The number of fused-ring (bicyclic) bond motifs is 1. The van der Waals surface area contributed by atoms with Crippen LogP contribution in [0.2, 0.25) is 0 Å². The number of carbonyl (C=O) groups is 1. The molecule has 27 heavy (non-hydrogen) atoms. The predicted molar refractivity (Wildman–Crippen MR) is 95.9 cm³/mol. The van der Waals surface area contributed by atoms with Crippen LogP contribution in [0.5, 0.6) is 11.5 Å². The Kier molecular flexibility index (Phi) is 3.96. The molecule has 9 heteroatoms. The number of benzene rings is 2. The van der Waals surface area contributed by atoms with Gasteiger partial charge in [0.2, 0.25) is 6.79 Å². The maximum atomic E-state index is 12.5. The van der Waals surface area contributed by atoms with Gasteiger partial charge in [0.05, 0.1) is 10.6 Å². The summed E-state index contributed by atoms with van der Waals surface area (Å²) in [5.74, 6) is 0.733. The van der Waals surface area contributed by atoms with Crippen LogP contribution in [0, 0.1) is 17.0 Å². The molecule has 136 valence electrons. The van der Waals surface area contributed by atoms with Gasteiger partial charge in [-0.3, -0.25) is 20.0 Å². The van der Waals surface area contributed by atoms with E-state index in [1.54, 1.807) is 37.3 Å². The van der Waals surface area contributed by atoms with Crippen molar-refractivity contribution in [2.45, 2.75) is 6.92 Å². The molecule has 1 aromatic heterocycles. The number of nitrogens with zero attached hydrogens (tertiary/aromatic N) is 2. The number of nitrogens with one attached hydrogen (secondary N) is 2. The van der Waals surface area contributed by atoms with Crippen molar-refractivity contribution in [3.8, 4) is 22.8 Å². The number of aryl methyl sites for hydroxylation is 1. The highest BCUT2D eigenvalue weighted by molar-refractivity contribution is 6.04. The van der Waals surface area contributed by atoms with Crippen molar-refractivity contribution >= 4 is 17.3 Å². The zero-order valence-corrected chi connectivity index (χ0v) is 14.2. The predicted octanol–water partition coefficient (Wildman–Crippen LogP) is 3.27. The molecule has 0 unspecified atom stereocenters. The fourth-order valence-electron chi connectivity index (χ4n) is 2.73. The van der Waals surface area contributed by atoms with Crippen LogP contribution in [-0.2, 0) is 0 Å². The van der Waals surface area contributed by atoms with E-state index in [9.17, 15) is 14.9 Å². The topological polar surface area (TPSA) is 119 Å². The maximum Gasteiger partial charge on any atom is 0.293 e. The summed E-state index contributed by atoms with van der Waals surface area (Å²) >= 11 is 0. The van der Waals surface area contributed by atoms with Crippen molar-refractivity contribution in [3.05, 3.63) is 63.8 Å². The van der Waals surface area contributed by atoms with Gasteiger partial charge in [-0.05, 0) is 42.8 Å². The number of nitro benzene ring substituents is 1. The van der Waals surface area contributed by atoms with Crippen LogP contribution in [0.25, 0.3) is 11.3 Å². The minimum absolute atomic E-state index is 0.120. The van der Waals surface area contributed by atoms with Crippen molar-refractivity contribution in [3.63, 3.8) is 0 Å². The molecule has 2 aromatic carbocycles. The van der Waals surface area contributed by atoms with Crippen LogP contribution in [-0.4, -0.2) is 27.8 Å². The Morgan fingerprint density at radius 1 is 1.19 bits per heavy atom. The number of H-pyrrole nitrogens is 1. The molecule has 3 aromatic rings. The minimum atomic E-state index is -0.534. The number of carbonyl (C=O) groups excluding carboxylic acids is 1. The molecule has 0 fully saturated rings. The minimum Gasteiger partial charge on any atom is -0.454 e. The molecule has 1 aliphatic rings. The third-order valence-corrected chi connectivity index (χ3v) is 4.09. The van der Waals surface area contributed by atoms with E-state index in [0.717, 1.165) is 11.1 Å². The van der Waals surface area contributed by atoms with Crippen LogP contribution < -0.4 is 14.8 Å². The van der Waals surface area contributed by atoms with Crippen LogP contribution in [0.1, 0.15) is 16.1 Å². The Morgan fingerprint density at radius 3 is 2.81 bits per heavy atom. The van der Waals surface area contributed by atoms with E-state index in [0.29, 0.717) is 17.2 Å². The van der Waals surface area contributed by atoms with Gasteiger partial charge < -0.3 is 14.8 Å². The number of anilines is 1. The van der Waals surface area contributed by atoms with E-state index in [1.165, 1.54) is 12.1 Å². The van der Waals surface area contributed by atoms with Crippen molar-refractivity contribution in [2.75, 3.05) is 12.1 Å². The van der Waals surface area contributed by atoms with Gasteiger partial charge in [-0.2, -0.15) is 5.10 Å². The zero-order chi connectivity index (χ0) is 19.0. The molecule has 0 bridgehead atoms. The Bertz CT molecular complexity index is 1060. The lowest BCUT2D eigenvalue weighted by Gasteiger charge is -2.05. The lowest BCUT2D eigenvalue weighted by Crippen LogP contribution is -2.13. The van der Waals surface area contributed by atoms with Gasteiger partial charge in [-0.1, -0.05) is 6.07 Å². The van der Waals surface area contributed by atoms with Crippen LogP contribution in [0.4, 0.5) is 11.4 Å². The van der Waals surface area contributed by atoms with Gasteiger partial charge in [0.15, 0.2) is 11.5 Å². The van der Waals surface area contributed by atoms with Crippen LogP contribution >= 0.6 is 0 Å². The van der Waals surface area contributed by atoms with Crippen molar-refractivity contribution < 1.29 is 19.2 Å². The number of amides is 1. The molecule has 1 amide bonds. The number of hydrogen-bond acceptors (Lipinski definition) is 6. The average Bonchev–Trinajstić information content (AvgIpc) is 3.31. The first-order valence-corrected chi connectivity index (χ1v) is 8.03. The maximum absolute atomic E-state index is 12.5. The zero-order valence-electron chi connectivity index (χ0n) is 14.2. The number of aromatic nitrogens is 2. The summed E-state index contributed by atoms with van der Waals surface area (Å²) in [7, 11) is 0. The molecule has 0 saturated heterocycles. The number of ether oxygens (including phenoxy) is 2. The molecular formula is C18H14N4O5. The normalized spacial score (nSPS) is 12.0. The van der Waals surface area contributed by atoms with Gasteiger partial charge in [-0.15, -0.1) is 0 Å². The summed E-state index contributed by atoms with van der Waals surface area (Å²) in [4.78, 5) is 23.1. The molecule has 4 rings (SSSR count). The Morgan fingerprint density at radius 2 is 2.00 bits per heavy atom. The van der Waals surface area contributed by atoms with Crippen molar-refractivity contribution in [1.82, 2.24) is 10.2 Å². The van der Waals surface area contributed by atoms with Gasteiger partial charge >= 0.3 is 0 Å². The Hall–Kier alpha value is -3.88. The summed E-state index contributed by atoms with van der Waals surface area (Å²) in [5.41, 5.74) is 2.14. The standard InChI is InChI=1S/C18H14N4O5/c1-10-2-4-12(15(6-10)22(24)25)19-18(23)14-8-13(20-21-14)11-3-5-16-17(7-11)27-9-26-16/h2-8H,9H2,1H3,(H,19,23)(H,20,21). The number of rotatable bonds is 4. The highest BCUT2D eigenvalue weighted by Gasteiger charge is 2.19. The number of nitro groups is 1. The molecule has 2 N–H and O–H groups in total. The Balaban J connectivity index is 1.57. The molecule has 0 spiro atoms. The second-order valence-corrected chi connectivity index (χ2v) is 5.97. The van der Waals surface area contributed by atoms with Gasteiger partial charge in [0, 0.05) is 11.6 Å². The highest BCUT2D eigenvalue weighted by atomic mass is 16.7.